The number of amides is 1. The van der Waals surface area contributed by atoms with Gasteiger partial charge in [-0.15, -0.1) is 0 Å². The number of carbonyl (C=O) groups is 2. The number of hydrogen-bond donors (Lipinski definition) is 2. The second kappa shape index (κ2) is 5.59. The van der Waals surface area contributed by atoms with E-state index in [-0.39, 0.29) is 17.7 Å². The van der Waals surface area contributed by atoms with Crippen LogP contribution < -0.4 is 0 Å². The molecule has 3 atom stereocenters. The number of fused-ring (bicyclic) bond motifs is 1. The molecule has 0 bridgehead atoms. The third kappa shape index (κ3) is 2.65. The Morgan fingerprint density at radius 3 is 2.73 bits per heavy atom. The summed E-state index contributed by atoms with van der Waals surface area (Å²) < 4.78 is 23.6. The Kier molecular flexibility index (Phi) is 4.14. The molecule has 120 valence electrons. The highest BCUT2D eigenvalue weighted by Crippen LogP contribution is 2.43. The number of hydrogen-bond acceptors (Lipinski definition) is 6. The van der Waals surface area contributed by atoms with Crippen molar-refractivity contribution >= 4 is 21.7 Å². The highest BCUT2D eigenvalue weighted by atomic mass is 32.2. The molecule has 0 aromatic heterocycles. The number of aliphatic hydroxyl groups is 1. The second-order valence-corrected chi connectivity index (χ2v) is 7.29. The number of azide groups is 1. The molecular formula is C11H14N4O6S. The summed E-state index contributed by atoms with van der Waals surface area (Å²) in [7, 11) is -3.81. The summed E-state index contributed by atoms with van der Waals surface area (Å²) in [4.78, 5) is 26.6. The first-order chi connectivity index (χ1) is 10.2. The van der Waals surface area contributed by atoms with Crippen LogP contribution in [0.3, 0.4) is 0 Å². The van der Waals surface area contributed by atoms with E-state index in [4.69, 9.17) is 5.53 Å². The first kappa shape index (κ1) is 16.3. The monoisotopic (exact) mass is 330 g/mol. The van der Waals surface area contributed by atoms with Crippen LogP contribution >= 0.6 is 0 Å². The van der Waals surface area contributed by atoms with E-state index in [2.05, 4.69) is 10.0 Å². The van der Waals surface area contributed by atoms with Crippen molar-refractivity contribution in [3.63, 3.8) is 0 Å². The van der Waals surface area contributed by atoms with E-state index in [0.29, 0.717) is 0 Å². The highest BCUT2D eigenvalue weighted by molar-refractivity contribution is 7.91. The number of nitrogens with zero attached hydrogens (tertiary/aromatic N) is 4. The van der Waals surface area contributed by atoms with Crippen LogP contribution in [0.2, 0.25) is 0 Å². The number of carbonyl (C=O) groups excluding carboxylic acids is 1. The molecule has 0 spiro atoms. The van der Waals surface area contributed by atoms with E-state index in [0.717, 1.165) is 4.90 Å². The van der Waals surface area contributed by atoms with Gasteiger partial charge in [0.15, 0.2) is 9.84 Å². The van der Waals surface area contributed by atoms with Crippen LogP contribution in [0.1, 0.15) is 13.3 Å². The number of aliphatic carboxylic acids is 1. The molecule has 0 radical (unpaired) electrons. The summed E-state index contributed by atoms with van der Waals surface area (Å²) in [5, 5.41) is 21.8. The summed E-state index contributed by atoms with van der Waals surface area (Å²) in [6, 6.07) is -0.539. The Balaban J connectivity index is 2.30. The molecule has 2 aliphatic heterocycles. The first-order valence-electron chi connectivity index (χ1n) is 6.37. The predicted octanol–water partition coefficient (Wildman–Crippen LogP) is -0.381. The minimum Gasteiger partial charge on any atom is -0.477 e. The van der Waals surface area contributed by atoms with Crippen LogP contribution in [0.25, 0.3) is 10.4 Å². The van der Waals surface area contributed by atoms with Crippen molar-refractivity contribution in [2.24, 2.45) is 11.0 Å². The predicted molar refractivity (Wildman–Crippen MR) is 72.9 cm³/mol. The fourth-order valence-electron chi connectivity index (χ4n) is 2.92. The van der Waals surface area contributed by atoms with Gasteiger partial charge in [0.05, 0.1) is 23.8 Å². The lowest BCUT2D eigenvalue weighted by Gasteiger charge is -2.44. The van der Waals surface area contributed by atoms with Crippen LogP contribution in [-0.2, 0) is 19.4 Å². The molecule has 22 heavy (non-hydrogen) atoms. The van der Waals surface area contributed by atoms with Crippen molar-refractivity contribution in [1.82, 2.24) is 4.90 Å². The molecule has 11 heteroatoms. The van der Waals surface area contributed by atoms with Gasteiger partial charge in [-0.2, -0.15) is 0 Å². The topological polar surface area (TPSA) is 161 Å². The number of carboxylic acid groups (broad SMARTS) is 1. The second-order valence-electron chi connectivity index (χ2n) is 5.25. The molecule has 0 aromatic carbocycles. The lowest BCUT2D eigenvalue weighted by molar-refractivity contribution is -0.161. The average Bonchev–Trinajstić information content (AvgIpc) is 2.70. The Bertz CT molecular complexity index is 706. The van der Waals surface area contributed by atoms with Crippen molar-refractivity contribution in [2.45, 2.75) is 25.5 Å². The van der Waals surface area contributed by atoms with E-state index in [9.17, 15) is 28.2 Å². The van der Waals surface area contributed by atoms with Gasteiger partial charge < -0.3 is 15.1 Å². The fraction of sp³-hybridized carbons (Fsp3) is 0.636. The number of rotatable bonds is 6. The molecule has 1 saturated heterocycles. The number of sulfone groups is 1. The van der Waals surface area contributed by atoms with Crippen molar-refractivity contribution in [1.29, 1.82) is 0 Å². The third-order valence-corrected chi connectivity index (χ3v) is 5.03. The Morgan fingerprint density at radius 2 is 2.23 bits per heavy atom. The van der Waals surface area contributed by atoms with Crippen molar-refractivity contribution in [2.75, 3.05) is 11.6 Å². The van der Waals surface area contributed by atoms with Crippen molar-refractivity contribution < 1.29 is 28.2 Å². The van der Waals surface area contributed by atoms with E-state index in [1.807, 2.05) is 0 Å². The quantitative estimate of drug-likeness (QED) is 0.292. The molecule has 10 nitrogen and oxygen atoms in total. The average molecular weight is 330 g/mol. The first-order valence-corrected chi connectivity index (χ1v) is 8.19. The number of carboxylic acids is 1. The Labute approximate surface area is 125 Å². The van der Waals surface area contributed by atoms with Crippen LogP contribution in [0.4, 0.5) is 0 Å². The van der Waals surface area contributed by atoms with Gasteiger partial charge in [-0.3, -0.25) is 4.79 Å². The largest absolute Gasteiger partial charge is 0.477 e. The molecule has 3 unspecified atom stereocenters. The Morgan fingerprint density at radius 1 is 1.59 bits per heavy atom. The fourth-order valence-corrected chi connectivity index (χ4v) is 4.02. The normalized spacial score (nSPS) is 25.4. The smallest absolute Gasteiger partial charge is 0.352 e. The standard InChI is InChI=1S/C11H14N4O6S/c1-5(16)8-7-2-6(3-22(20,21)4-13-14-12)9(11(18)19)15(7)10(8)17/h5,7-8,16H,2-4H2,1H3,(H,18,19). The Hall–Kier alpha value is -2.10. The van der Waals surface area contributed by atoms with E-state index in [1.54, 1.807) is 0 Å². The van der Waals surface area contributed by atoms with Gasteiger partial charge >= 0.3 is 5.97 Å². The molecule has 2 rings (SSSR count). The van der Waals surface area contributed by atoms with Crippen LogP contribution in [-0.4, -0.2) is 59.2 Å². The number of β-lactam (4-membered cyclic amide) rings is 1. The summed E-state index contributed by atoms with van der Waals surface area (Å²) in [5.41, 5.74) is 7.90. The zero-order valence-electron chi connectivity index (χ0n) is 11.6. The van der Waals surface area contributed by atoms with Crippen LogP contribution in [0, 0.1) is 5.92 Å². The van der Waals surface area contributed by atoms with Gasteiger partial charge in [-0.05, 0) is 24.4 Å². The highest BCUT2D eigenvalue weighted by Gasteiger charge is 2.56. The third-order valence-electron chi connectivity index (χ3n) is 3.73. The van der Waals surface area contributed by atoms with Gasteiger partial charge in [0, 0.05) is 4.91 Å². The van der Waals surface area contributed by atoms with Crippen molar-refractivity contribution in [3.8, 4) is 0 Å². The van der Waals surface area contributed by atoms with Gasteiger partial charge in [0.1, 0.15) is 11.6 Å². The molecular weight excluding hydrogens is 316 g/mol. The minimum absolute atomic E-state index is 0.0679. The van der Waals surface area contributed by atoms with E-state index in [1.165, 1.54) is 6.92 Å². The van der Waals surface area contributed by atoms with Gasteiger partial charge in [0.2, 0.25) is 5.91 Å². The maximum absolute atomic E-state index is 11.9. The van der Waals surface area contributed by atoms with Crippen molar-refractivity contribution in [3.05, 3.63) is 21.7 Å². The van der Waals surface area contributed by atoms with Gasteiger partial charge in [0.25, 0.3) is 0 Å². The maximum atomic E-state index is 11.9. The summed E-state index contributed by atoms with van der Waals surface area (Å²) in [6.07, 6.45) is -0.874. The maximum Gasteiger partial charge on any atom is 0.352 e. The molecule has 2 aliphatic rings. The lowest BCUT2D eigenvalue weighted by Crippen LogP contribution is -2.61. The van der Waals surface area contributed by atoms with Gasteiger partial charge in [-0.25, -0.2) is 13.2 Å². The molecule has 0 saturated carbocycles. The molecule has 1 fully saturated rings. The zero-order valence-corrected chi connectivity index (χ0v) is 12.4. The zero-order chi connectivity index (χ0) is 16.7. The molecule has 0 aromatic rings. The van der Waals surface area contributed by atoms with Gasteiger partial charge in [-0.1, -0.05) is 5.11 Å². The minimum atomic E-state index is -3.81. The summed E-state index contributed by atoms with van der Waals surface area (Å²) >= 11 is 0. The molecule has 2 heterocycles. The lowest BCUT2D eigenvalue weighted by atomic mass is 9.83. The molecule has 1 amide bonds. The van der Waals surface area contributed by atoms with E-state index >= 15 is 0 Å². The van der Waals surface area contributed by atoms with Crippen LogP contribution in [0.15, 0.2) is 16.4 Å². The molecule has 0 aliphatic carbocycles. The number of aliphatic hydroxyl groups excluding tert-OH is 1. The summed E-state index contributed by atoms with van der Waals surface area (Å²) in [5.74, 6) is -4.03. The van der Waals surface area contributed by atoms with Crippen LogP contribution in [0.5, 0.6) is 0 Å². The SMILES string of the molecule is CC(O)C1C(=O)N2C(C(=O)O)=C(CS(=O)(=O)CN=[N+]=[N-])CC12. The van der Waals surface area contributed by atoms with E-state index < -0.39 is 51.4 Å². The molecule has 2 N–H and O–H groups in total. The summed E-state index contributed by atoms with van der Waals surface area (Å²) in [6.45, 7) is 1.43.